The second kappa shape index (κ2) is 7.25. The molecule has 1 aromatic heterocycles. The number of carbonyl (C=O) groups is 1. The molecule has 1 aliphatic heterocycles. The van der Waals surface area contributed by atoms with E-state index in [1.165, 1.54) is 17.8 Å². The number of nitrogens with one attached hydrogen (secondary N) is 1. The van der Waals surface area contributed by atoms with E-state index in [1.54, 1.807) is 0 Å². The van der Waals surface area contributed by atoms with Gasteiger partial charge in [0.25, 0.3) is 0 Å². The highest BCUT2D eigenvalue weighted by Crippen LogP contribution is 2.37. The summed E-state index contributed by atoms with van der Waals surface area (Å²) in [5, 5.41) is 13.3. The summed E-state index contributed by atoms with van der Waals surface area (Å²) >= 11 is 1.42. The van der Waals surface area contributed by atoms with Crippen LogP contribution < -0.4 is 5.32 Å². The molecule has 2 unspecified atom stereocenters. The van der Waals surface area contributed by atoms with E-state index < -0.39 is 5.60 Å². The minimum atomic E-state index is -0.466. The van der Waals surface area contributed by atoms with Gasteiger partial charge in [0.1, 0.15) is 11.7 Å². The molecule has 1 saturated heterocycles. The summed E-state index contributed by atoms with van der Waals surface area (Å²) in [6.45, 7) is 7.20. The summed E-state index contributed by atoms with van der Waals surface area (Å²) in [6.07, 6.45) is 3.25. The Balaban J connectivity index is 1.49. The van der Waals surface area contributed by atoms with E-state index >= 15 is 0 Å². The lowest BCUT2D eigenvalue weighted by Crippen LogP contribution is -2.56. The fourth-order valence-corrected chi connectivity index (χ4v) is 5.15. The van der Waals surface area contributed by atoms with Crippen LogP contribution >= 0.6 is 11.3 Å². The number of fused-ring (bicyclic) bond motifs is 3. The fraction of sp³-hybridized carbons (Fsp3) is 0.571. The number of benzene rings is 1. The maximum absolute atomic E-state index is 12.5. The van der Waals surface area contributed by atoms with Crippen LogP contribution in [0.3, 0.4) is 0 Å². The molecule has 1 amide bonds. The van der Waals surface area contributed by atoms with Crippen molar-refractivity contribution >= 4 is 33.3 Å². The monoisotopic (exact) mass is 398 g/mol. The predicted molar refractivity (Wildman–Crippen MR) is 110 cm³/mol. The highest BCUT2D eigenvalue weighted by Gasteiger charge is 2.41. The number of anilines is 1. The topological polar surface area (TPSA) is 78.2 Å². The molecule has 1 saturated carbocycles. The van der Waals surface area contributed by atoms with Crippen molar-refractivity contribution in [1.82, 2.24) is 9.88 Å². The Kier molecular flexibility index (Phi) is 4.92. The summed E-state index contributed by atoms with van der Waals surface area (Å²) in [5.41, 5.74) is 1.43. The van der Waals surface area contributed by atoms with Crippen LogP contribution in [0.25, 0.3) is 10.2 Å². The van der Waals surface area contributed by atoms with E-state index in [9.17, 15) is 4.79 Å². The first-order valence-electron chi connectivity index (χ1n) is 9.87. The lowest BCUT2D eigenvalue weighted by Gasteiger charge is -2.47. The number of ether oxygens (including phenoxy) is 1. The smallest absolute Gasteiger partial charge is 0.410 e. The van der Waals surface area contributed by atoms with Gasteiger partial charge in [0, 0.05) is 24.8 Å². The first-order chi connectivity index (χ1) is 13.3. The molecule has 148 valence electrons. The standard InChI is InChI=1S/C21H26N4O2S/c1-21(2,3)27-20(26)25-11-13-5-4-6-14(12-25)19(13)23-15-7-8-17-16(9-15)24-18(10-22)28-17/h7-9,13-14,19,23H,4-6,11-12H2,1-3H3. The number of likely N-dealkylation sites (tertiary alicyclic amines) is 1. The van der Waals surface area contributed by atoms with Crippen LogP contribution in [0.2, 0.25) is 0 Å². The van der Waals surface area contributed by atoms with Gasteiger partial charge in [-0.25, -0.2) is 9.78 Å². The highest BCUT2D eigenvalue weighted by molar-refractivity contribution is 7.19. The number of carbonyl (C=O) groups excluding carboxylic acids is 1. The number of aromatic nitrogens is 1. The van der Waals surface area contributed by atoms with Gasteiger partial charge in [-0.05, 0) is 63.6 Å². The highest BCUT2D eigenvalue weighted by atomic mass is 32.1. The number of hydrogen-bond donors (Lipinski definition) is 1. The lowest BCUT2D eigenvalue weighted by atomic mass is 9.73. The lowest BCUT2D eigenvalue weighted by molar-refractivity contribution is 0.000435. The second-order valence-corrected chi connectivity index (χ2v) is 9.85. The van der Waals surface area contributed by atoms with E-state index in [0.717, 1.165) is 41.8 Å². The first-order valence-corrected chi connectivity index (χ1v) is 10.7. The van der Waals surface area contributed by atoms with E-state index in [0.29, 0.717) is 22.9 Å². The minimum absolute atomic E-state index is 0.198. The summed E-state index contributed by atoms with van der Waals surface area (Å²) in [6, 6.07) is 8.59. The molecule has 7 heteroatoms. The van der Waals surface area contributed by atoms with Crippen molar-refractivity contribution in [2.24, 2.45) is 11.8 Å². The largest absolute Gasteiger partial charge is 0.444 e. The van der Waals surface area contributed by atoms with Crippen LogP contribution in [-0.2, 0) is 4.74 Å². The number of amides is 1. The molecule has 0 spiro atoms. The van der Waals surface area contributed by atoms with Gasteiger partial charge in [-0.15, -0.1) is 11.3 Å². The second-order valence-electron chi connectivity index (χ2n) is 8.82. The Labute approximate surface area is 169 Å². The zero-order chi connectivity index (χ0) is 19.9. The Morgan fingerprint density at radius 1 is 1.32 bits per heavy atom. The summed E-state index contributed by atoms with van der Waals surface area (Å²) in [4.78, 5) is 18.8. The molecule has 2 aliphatic rings. The number of piperidine rings is 1. The molecule has 2 atom stereocenters. The van der Waals surface area contributed by atoms with Crippen molar-refractivity contribution in [3.63, 3.8) is 0 Å². The summed E-state index contributed by atoms with van der Waals surface area (Å²) in [5.74, 6) is 0.835. The average molecular weight is 399 g/mol. The Hall–Kier alpha value is -2.33. The summed E-state index contributed by atoms with van der Waals surface area (Å²) in [7, 11) is 0. The Bertz CT molecular complexity index is 913. The van der Waals surface area contributed by atoms with Crippen LogP contribution in [-0.4, -0.2) is 40.7 Å². The zero-order valence-electron chi connectivity index (χ0n) is 16.6. The van der Waals surface area contributed by atoms with Gasteiger partial charge in [0.2, 0.25) is 0 Å². The van der Waals surface area contributed by atoms with Gasteiger partial charge in [0.05, 0.1) is 10.2 Å². The quantitative estimate of drug-likeness (QED) is 0.799. The molecule has 2 bridgehead atoms. The molecule has 4 rings (SSSR count). The minimum Gasteiger partial charge on any atom is -0.444 e. The molecule has 2 heterocycles. The third-order valence-corrected chi connectivity index (χ3v) is 6.48. The first kappa shape index (κ1) is 19.0. The van der Waals surface area contributed by atoms with Crippen molar-refractivity contribution in [1.29, 1.82) is 5.26 Å². The van der Waals surface area contributed by atoms with Gasteiger partial charge in [-0.3, -0.25) is 0 Å². The molecule has 1 aliphatic carbocycles. The third kappa shape index (κ3) is 3.93. The molecule has 1 aromatic carbocycles. The fourth-order valence-electron chi connectivity index (χ4n) is 4.41. The maximum Gasteiger partial charge on any atom is 0.410 e. The molecule has 0 radical (unpaired) electrons. The van der Waals surface area contributed by atoms with Crippen LogP contribution in [0.15, 0.2) is 18.2 Å². The van der Waals surface area contributed by atoms with Gasteiger partial charge >= 0.3 is 6.09 Å². The molecule has 2 aromatic rings. The number of nitriles is 1. The van der Waals surface area contributed by atoms with E-state index in [1.807, 2.05) is 37.8 Å². The Morgan fingerprint density at radius 3 is 2.68 bits per heavy atom. The van der Waals surface area contributed by atoms with Crippen molar-refractivity contribution in [3.05, 3.63) is 23.2 Å². The molecule has 2 fully saturated rings. The van der Waals surface area contributed by atoms with E-state index in [2.05, 4.69) is 22.4 Å². The molecular formula is C21H26N4O2S. The number of hydrogen-bond acceptors (Lipinski definition) is 6. The van der Waals surface area contributed by atoms with E-state index in [-0.39, 0.29) is 6.09 Å². The SMILES string of the molecule is CC(C)(C)OC(=O)N1CC2CCCC(C1)C2Nc1ccc2sc(C#N)nc2c1. The van der Waals surface area contributed by atoms with Gasteiger partial charge < -0.3 is 15.0 Å². The van der Waals surface area contributed by atoms with Gasteiger partial charge in [-0.1, -0.05) is 6.42 Å². The molecule has 28 heavy (non-hydrogen) atoms. The molecule has 6 nitrogen and oxygen atoms in total. The van der Waals surface area contributed by atoms with Crippen LogP contribution in [0.4, 0.5) is 10.5 Å². The number of nitrogens with zero attached hydrogens (tertiary/aromatic N) is 3. The third-order valence-electron chi connectivity index (χ3n) is 5.54. The predicted octanol–water partition coefficient (Wildman–Crippen LogP) is 4.62. The van der Waals surface area contributed by atoms with Crippen molar-refractivity contribution < 1.29 is 9.53 Å². The van der Waals surface area contributed by atoms with Gasteiger partial charge in [0.15, 0.2) is 5.01 Å². The van der Waals surface area contributed by atoms with Crippen LogP contribution in [0.1, 0.15) is 45.0 Å². The summed E-state index contributed by atoms with van der Waals surface area (Å²) < 4.78 is 6.62. The zero-order valence-corrected chi connectivity index (χ0v) is 17.4. The van der Waals surface area contributed by atoms with Crippen LogP contribution in [0, 0.1) is 23.2 Å². The van der Waals surface area contributed by atoms with Crippen molar-refractivity contribution in [2.75, 3.05) is 18.4 Å². The number of rotatable bonds is 2. The Morgan fingerprint density at radius 2 is 2.04 bits per heavy atom. The van der Waals surface area contributed by atoms with Gasteiger partial charge in [-0.2, -0.15) is 5.26 Å². The van der Waals surface area contributed by atoms with Crippen molar-refractivity contribution in [3.8, 4) is 6.07 Å². The maximum atomic E-state index is 12.5. The molecule has 1 N–H and O–H groups in total. The van der Waals surface area contributed by atoms with E-state index in [4.69, 9.17) is 10.00 Å². The van der Waals surface area contributed by atoms with Crippen molar-refractivity contribution in [2.45, 2.75) is 51.7 Å². The average Bonchev–Trinajstić information content (AvgIpc) is 3.02. The molecular weight excluding hydrogens is 372 g/mol. The number of thiazole rings is 1. The normalized spacial score (nSPS) is 24.6. The van der Waals surface area contributed by atoms with Crippen LogP contribution in [0.5, 0.6) is 0 Å².